The maximum absolute atomic E-state index is 4.13. The SMILES string of the molecule is C=C(C1=CCCC=C1)c1ccccc1. The van der Waals surface area contributed by atoms with Crippen molar-refractivity contribution in [1.29, 1.82) is 0 Å². The lowest BCUT2D eigenvalue weighted by atomic mass is 9.95. The zero-order chi connectivity index (χ0) is 9.80. The molecule has 0 unspecified atom stereocenters. The van der Waals surface area contributed by atoms with Crippen molar-refractivity contribution < 1.29 is 0 Å². The molecule has 0 saturated heterocycles. The number of benzene rings is 1. The molecule has 0 heterocycles. The van der Waals surface area contributed by atoms with Crippen LogP contribution in [0, 0.1) is 0 Å². The van der Waals surface area contributed by atoms with E-state index in [-0.39, 0.29) is 0 Å². The van der Waals surface area contributed by atoms with E-state index in [2.05, 4.69) is 36.9 Å². The molecule has 0 radical (unpaired) electrons. The van der Waals surface area contributed by atoms with Crippen LogP contribution in [-0.2, 0) is 0 Å². The first-order valence-corrected chi connectivity index (χ1v) is 4.99. The van der Waals surface area contributed by atoms with Crippen molar-refractivity contribution in [2.24, 2.45) is 0 Å². The van der Waals surface area contributed by atoms with Crippen LogP contribution >= 0.6 is 0 Å². The van der Waals surface area contributed by atoms with Gasteiger partial charge in [0.25, 0.3) is 0 Å². The molecule has 0 amide bonds. The van der Waals surface area contributed by atoms with Crippen LogP contribution in [0.15, 0.2) is 60.7 Å². The Morgan fingerprint density at radius 2 is 1.86 bits per heavy atom. The molecule has 0 bridgehead atoms. The number of rotatable bonds is 2. The predicted octanol–water partition coefficient (Wildman–Crippen LogP) is 3.98. The lowest BCUT2D eigenvalue weighted by Gasteiger charge is -2.10. The van der Waals surface area contributed by atoms with E-state index in [0.29, 0.717) is 0 Å². The second-order valence-electron chi connectivity index (χ2n) is 3.48. The standard InChI is InChI=1S/C14H14/c1-12(13-8-4-2-5-9-13)14-10-6-3-7-11-14/h2,4-6,8-11H,1,3,7H2. The van der Waals surface area contributed by atoms with Gasteiger partial charge in [-0.25, -0.2) is 0 Å². The summed E-state index contributed by atoms with van der Waals surface area (Å²) in [5.74, 6) is 0. The highest BCUT2D eigenvalue weighted by Gasteiger charge is 2.03. The van der Waals surface area contributed by atoms with E-state index < -0.39 is 0 Å². The Kier molecular flexibility index (Phi) is 2.64. The smallest absolute Gasteiger partial charge is 0.0184 e. The van der Waals surface area contributed by atoms with E-state index in [9.17, 15) is 0 Å². The molecule has 0 fully saturated rings. The summed E-state index contributed by atoms with van der Waals surface area (Å²) < 4.78 is 0. The monoisotopic (exact) mass is 182 g/mol. The Morgan fingerprint density at radius 3 is 2.50 bits per heavy atom. The maximum Gasteiger partial charge on any atom is -0.0184 e. The van der Waals surface area contributed by atoms with Gasteiger partial charge in [0.05, 0.1) is 0 Å². The van der Waals surface area contributed by atoms with Gasteiger partial charge in [-0.05, 0) is 29.6 Å². The van der Waals surface area contributed by atoms with E-state index in [4.69, 9.17) is 0 Å². The number of hydrogen-bond acceptors (Lipinski definition) is 0. The van der Waals surface area contributed by atoms with Crippen molar-refractivity contribution in [2.45, 2.75) is 12.8 Å². The zero-order valence-corrected chi connectivity index (χ0v) is 8.24. The third-order valence-corrected chi connectivity index (χ3v) is 2.47. The summed E-state index contributed by atoms with van der Waals surface area (Å²) >= 11 is 0. The van der Waals surface area contributed by atoms with Crippen LogP contribution in [0.4, 0.5) is 0 Å². The van der Waals surface area contributed by atoms with E-state index in [1.54, 1.807) is 0 Å². The molecule has 0 atom stereocenters. The third kappa shape index (κ3) is 1.85. The van der Waals surface area contributed by atoms with Crippen molar-refractivity contribution in [2.75, 3.05) is 0 Å². The van der Waals surface area contributed by atoms with Crippen molar-refractivity contribution in [1.82, 2.24) is 0 Å². The molecule has 1 aliphatic rings. The van der Waals surface area contributed by atoms with Gasteiger partial charge in [0.2, 0.25) is 0 Å². The molecule has 14 heavy (non-hydrogen) atoms. The van der Waals surface area contributed by atoms with Crippen LogP contribution < -0.4 is 0 Å². The lowest BCUT2D eigenvalue weighted by Crippen LogP contribution is -1.89. The molecule has 0 spiro atoms. The van der Waals surface area contributed by atoms with Gasteiger partial charge in [0.15, 0.2) is 0 Å². The maximum atomic E-state index is 4.13. The quantitative estimate of drug-likeness (QED) is 0.649. The van der Waals surface area contributed by atoms with E-state index in [1.807, 2.05) is 18.2 Å². The molecule has 0 nitrogen and oxygen atoms in total. The van der Waals surface area contributed by atoms with Crippen LogP contribution in [0.3, 0.4) is 0 Å². The minimum absolute atomic E-state index is 1.13. The van der Waals surface area contributed by atoms with Crippen molar-refractivity contribution in [3.63, 3.8) is 0 Å². The Hall–Kier alpha value is -1.56. The zero-order valence-electron chi connectivity index (χ0n) is 8.24. The Labute approximate surface area is 85.3 Å². The summed E-state index contributed by atoms with van der Waals surface area (Å²) in [5, 5.41) is 0. The molecule has 0 saturated carbocycles. The summed E-state index contributed by atoms with van der Waals surface area (Å²) in [6.07, 6.45) is 8.93. The van der Waals surface area contributed by atoms with E-state index >= 15 is 0 Å². The largest absolute Gasteiger partial charge is 0.0906 e. The van der Waals surface area contributed by atoms with Gasteiger partial charge in [0.1, 0.15) is 0 Å². The van der Waals surface area contributed by atoms with Gasteiger partial charge in [0, 0.05) is 0 Å². The summed E-state index contributed by atoms with van der Waals surface area (Å²) in [7, 11) is 0. The predicted molar refractivity (Wildman–Crippen MR) is 61.9 cm³/mol. The molecular formula is C14H14. The second-order valence-corrected chi connectivity index (χ2v) is 3.48. The third-order valence-electron chi connectivity index (χ3n) is 2.47. The number of allylic oxidation sites excluding steroid dienone is 5. The topological polar surface area (TPSA) is 0 Å². The van der Waals surface area contributed by atoms with Crippen molar-refractivity contribution >= 4 is 5.57 Å². The average Bonchev–Trinajstić information content (AvgIpc) is 2.30. The molecule has 0 aromatic heterocycles. The first kappa shape index (κ1) is 9.01. The van der Waals surface area contributed by atoms with Gasteiger partial charge >= 0.3 is 0 Å². The Balaban J connectivity index is 2.25. The summed E-state index contributed by atoms with van der Waals surface area (Å²) in [5.41, 5.74) is 3.61. The van der Waals surface area contributed by atoms with Gasteiger partial charge in [-0.3, -0.25) is 0 Å². The summed E-state index contributed by atoms with van der Waals surface area (Å²) in [6, 6.07) is 10.3. The molecule has 1 aliphatic carbocycles. The highest BCUT2D eigenvalue weighted by Crippen LogP contribution is 2.24. The highest BCUT2D eigenvalue weighted by atomic mass is 14.1. The fourth-order valence-electron chi connectivity index (χ4n) is 1.64. The normalized spacial score (nSPS) is 15.0. The van der Waals surface area contributed by atoms with Gasteiger partial charge in [-0.2, -0.15) is 0 Å². The summed E-state index contributed by atoms with van der Waals surface area (Å²) in [4.78, 5) is 0. The summed E-state index contributed by atoms with van der Waals surface area (Å²) in [6.45, 7) is 4.13. The van der Waals surface area contributed by atoms with Crippen LogP contribution in [0.2, 0.25) is 0 Å². The lowest BCUT2D eigenvalue weighted by molar-refractivity contribution is 1.03. The molecule has 1 aromatic carbocycles. The van der Waals surface area contributed by atoms with Crippen LogP contribution in [-0.4, -0.2) is 0 Å². The average molecular weight is 182 g/mol. The van der Waals surface area contributed by atoms with E-state index in [1.165, 1.54) is 11.1 Å². The first-order chi connectivity index (χ1) is 6.88. The van der Waals surface area contributed by atoms with Gasteiger partial charge in [-0.15, -0.1) is 0 Å². The van der Waals surface area contributed by atoms with Crippen LogP contribution in [0.25, 0.3) is 5.57 Å². The van der Waals surface area contributed by atoms with Gasteiger partial charge < -0.3 is 0 Å². The highest BCUT2D eigenvalue weighted by molar-refractivity contribution is 5.80. The fourth-order valence-corrected chi connectivity index (χ4v) is 1.64. The number of hydrogen-bond donors (Lipinski definition) is 0. The molecule has 0 aliphatic heterocycles. The molecule has 0 heteroatoms. The molecule has 1 aromatic rings. The fraction of sp³-hybridized carbons (Fsp3) is 0.143. The molecule has 0 N–H and O–H groups in total. The Morgan fingerprint density at radius 1 is 1.07 bits per heavy atom. The van der Waals surface area contributed by atoms with Crippen molar-refractivity contribution in [3.05, 3.63) is 66.3 Å². The molecule has 2 rings (SSSR count). The first-order valence-electron chi connectivity index (χ1n) is 4.99. The minimum atomic E-state index is 1.13. The molecular weight excluding hydrogens is 168 g/mol. The van der Waals surface area contributed by atoms with Crippen LogP contribution in [0.1, 0.15) is 18.4 Å². The van der Waals surface area contributed by atoms with Gasteiger partial charge in [-0.1, -0.05) is 55.1 Å². The van der Waals surface area contributed by atoms with E-state index in [0.717, 1.165) is 18.4 Å². The molecule has 70 valence electrons. The minimum Gasteiger partial charge on any atom is -0.0906 e. The Bertz CT molecular complexity index is 380. The second kappa shape index (κ2) is 4.10. The van der Waals surface area contributed by atoms with Crippen molar-refractivity contribution in [3.8, 4) is 0 Å². The van der Waals surface area contributed by atoms with Crippen LogP contribution in [0.5, 0.6) is 0 Å².